The number of aliphatic hydroxyl groups is 1. The smallest absolute Gasteiger partial charge is 0.329 e. The Labute approximate surface area is 178 Å². The Bertz CT molecular complexity index is 1210. The summed E-state index contributed by atoms with van der Waals surface area (Å²) in [5, 5.41) is 10.7. The van der Waals surface area contributed by atoms with E-state index < -0.39 is 17.4 Å². The summed E-state index contributed by atoms with van der Waals surface area (Å²) in [6.07, 6.45) is -0.893. The van der Waals surface area contributed by atoms with Gasteiger partial charge in [-0.15, -0.1) is 0 Å². The largest absolute Gasteiger partial charge is 0.491 e. The van der Waals surface area contributed by atoms with Crippen molar-refractivity contribution in [3.05, 3.63) is 50.2 Å². The monoisotopic (exact) mass is 429 g/mol. The van der Waals surface area contributed by atoms with Crippen molar-refractivity contribution < 1.29 is 14.6 Å². The van der Waals surface area contributed by atoms with Gasteiger partial charge in [0.25, 0.3) is 5.56 Å². The first kappa shape index (κ1) is 21.1. The maximum Gasteiger partial charge on any atom is 0.329 e. The number of aryl methyl sites for hydroxylation is 3. The molecular weight excluding hydrogens is 402 g/mol. The van der Waals surface area contributed by atoms with Gasteiger partial charge in [-0.3, -0.25) is 14.3 Å². The first-order chi connectivity index (χ1) is 14.8. The van der Waals surface area contributed by atoms with Crippen LogP contribution in [0, 0.1) is 13.8 Å². The third kappa shape index (κ3) is 4.21. The van der Waals surface area contributed by atoms with Gasteiger partial charge in [-0.25, -0.2) is 4.79 Å². The van der Waals surface area contributed by atoms with Gasteiger partial charge in [0.15, 0.2) is 11.2 Å². The number of benzene rings is 1. The zero-order valence-corrected chi connectivity index (χ0v) is 17.9. The fourth-order valence-electron chi connectivity index (χ4n) is 3.66. The van der Waals surface area contributed by atoms with Crippen molar-refractivity contribution in [3.63, 3.8) is 0 Å². The Kier molecular flexibility index (Phi) is 5.84. The molecule has 0 spiro atoms. The third-order valence-corrected chi connectivity index (χ3v) is 5.59. The summed E-state index contributed by atoms with van der Waals surface area (Å²) >= 11 is 0. The highest BCUT2D eigenvalue weighted by molar-refractivity contribution is 5.74. The first-order valence-electron chi connectivity index (χ1n) is 10.3. The van der Waals surface area contributed by atoms with Crippen LogP contribution in [-0.2, 0) is 18.3 Å². The Morgan fingerprint density at radius 2 is 1.97 bits per heavy atom. The van der Waals surface area contributed by atoms with Crippen molar-refractivity contribution in [2.24, 2.45) is 7.05 Å². The lowest BCUT2D eigenvalue weighted by atomic mass is 10.1. The van der Waals surface area contributed by atoms with E-state index in [2.05, 4.69) is 9.97 Å². The van der Waals surface area contributed by atoms with Crippen molar-refractivity contribution in [2.75, 3.05) is 37.8 Å². The van der Waals surface area contributed by atoms with Gasteiger partial charge >= 0.3 is 5.69 Å². The number of hydrogen-bond donors (Lipinski definition) is 2. The fraction of sp³-hybridized carbons (Fsp3) is 0.476. The van der Waals surface area contributed by atoms with Crippen LogP contribution in [-0.4, -0.2) is 63.2 Å². The maximum absolute atomic E-state index is 12.6. The number of aromatic nitrogens is 4. The second kappa shape index (κ2) is 8.56. The molecule has 1 fully saturated rings. The summed E-state index contributed by atoms with van der Waals surface area (Å²) in [6, 6.07) is 5.76. The minimum Gasteiger partial charge on any atom is -0.491 e. The Morgan fingerprint density at radius 3 is 2.68 bits per heavy atom. The average Bonchev–Trinajstić information content (AvgIpc) is 3.13. The van der Waals surface area contributed by atoms with Gasteiger partial charge in [-0.2, -0.15) is 4.98 Å². The number of anilines is 1. The van der Waals surface area contributed by atoms with Gasteiger partial charge in [-0.1, -0.05) is 6.07 Å². The number of ether oxygens (including phenoxy) is 2. The molecule has 0 unspecified atom stereocenters. The van der Waals surface area contributed by atoms with Gasteiger partial charge in [-0.05, 0) is 37.1 Å². The lowest BCUT2D eigenvalue weighted by Crippen LogP contribution is -2.39. The summed E-state index contributed by atoms with van der Waals surface area (Å²) in [6.45, 7) is 6.45. The van der Waals surface area contributed by atoms with Crippen LogP contribution in [0.5, 0.6) is 5.75 Å². The number of rotatable bonds is 6. The van der Waals surface area contributed by atoms with Crippen LogP contribution in [0.1, 0.15) is 11.1 Å². The van der Waals surface area contributed by atoms with Crippen molar-refractivity contribution >= 4 is 17.1 Å². The molecule has 1 aliphatic rings. The van der Waals surface area contributed by atoms with E-state index in [1.807, 2.05) is 36.9 Å². The molecule has 1 aromatic carbocycles. The predicted octanol–water partition coefficient (Wildman–Crippen LogP) is 0.317. The summed E-state index contributed by atoms with van der Waals surface area (Å²) in [5.41, 5.74) is 1.72. The Hall–Kier alpha value is -3.11. The molecule has 3 heterocycles. The molecule has 2 aromatic heterocycles. The molecule has 1 aliphatic heterocycles. The molecular formula is C21H27N5O5. The van der Waals surface area contributed by atoms with Crippen molar-refractivity contribution in [1.82, 2.24) is 19.1 Å². The van der Waals surface area contributed by atoms with Crippen molar-refractivity contribution in [3.8, 4) is 5.75 Å². The number of aromatic amines is 1. The van der Waals surface area contributed by atoms with Crippen LogP contribution in [0.25, 0.3) is 11.2 Å². The highest BCUT2D eigenvalue weighted by atomic mass is 16.5. The lowest BCUT2D eigenvalue weighted by molar-refractivity contribution is 0.0927. The molecule has 166 valence electrons. The highest BCUT2D eigenvalue weighted by Crippen LogP contribution is 2.22. The van der Waals surface area contributed by atoms with E-state index in [0.717, 1.165) is 11.1 Å². The summed E-state index contributed by atoms with van der Waals surface area (Å²) in [5.74, 6) is 1.20. The lowest BCUT2D eigenvalue weighted by Gasteiger charge is -2.28. The van der Waals surface area contributed by atoms with Crippen LogP contribution in [0.3, 0.4) is 0 Å². The van der Waals surface area contributed by atoms with Gasteiger partial charge < -0.3 is 24.0 Å². The number of nitrogens with one attached hydrogen (secondary N) is 1. The normalized spacial score (nSPS) is 15.4. The Morgan fingerprint density at radius 1 is 1.23 bits per heavy atom. The number of aliphatic hydroxyl groups excluding tert-OH is 1. The van der Waals surface area contributed by atoms with Crippen LogP contribution in [0.15, 0.2) is 27.8 Å². The summed E-state index contributed by atoms with van der Waals surface area (Å²) in [7, 11) is 1.56. The molecule has 2 N–H and O–H groups in total. The van der Waals surface area contributed by atoms with E-state index in [1.54, 1.807) is 11.6 Å². The quantitative estimate of drug-likeness (QED) is 0.580. The number of H-pyrrole nitrogens is 1. The van der Waals surface area contributed by atoms with Gasteiger partial charge in [0.1, 0.15) is 18.5 Å². The zero-order chi connectivity index (χ0) is 22.1. The van der Waals surface area contributed by atoms with E-state index >= 15 is 0 Å². The molecule has 31 heavy (non-hydrogen) atoms. The minimum atomic E-state index is -0.893. The SMILES string of the molecule is Cc1ccc(OC[C@H](O)Cn2c(N3CCOCC3)nc3c2c(=O)[nH]c(=O)n3C)cc1C. The summed E-state index contributed by atoms with van der Waals surface area (Å²) in [4.78, 5) is 33.5. The second-order valence-corrected chi connectivity index (χ2v) is 7.82. The molecule has 0 bridgehead atoms. The molecule has 0 saturated carbocycles. The fourth-order valence-corrected chi connectivity index (χ4v) is 3.66. The standard InChI is InChI=1S/C21H27N5O5/c1-13-4-5-16(10-14(13)2)31-12-15(27)11-26-17-18(24(3)21(29)23-19(17)28)22-20(26)25-6-8-30-9-7-25/h4-5,10,15,27H,6-9,11-12H2,1-3H3,(H,23,28,29)/t15-/m1/s1. The van der Waals surface area contributed by atoms with Crippen LogP contribution >= 0.6 is 0 Å². The topological polar surface area (TPSA) is 115 Å². The molecule has 0 aliphatic carbocycles. The third-order valence-electron chi connectivity index (χ3n) is 5.59. The number of nitrogens with zero attached hydrogens (tertiary/aromatic N) is 4. The number of hydrogen-bond acceptors (Lipinski definition) is 7. The minimum absolute atomic E-state index is 0.0500. The molecule has 10 heteroatoms. The van der Waals surface area contributed by atoms with Gasteiger partial charge in [0, 0.05) is 20.1 Å². The Balaban J connectivity index is 1.64. The molecule has 1 atom stereocenters. The highest BCUT2D eigenvalue weighted by Gasteiger charge is 2.24. The van der Waals surface area contributed by atoms with Crippen LogP contribution < -0.4 is 20.9 Å². The van der Waals surface area contributed by atoms with Gasteiger partial charge in [0.05, 0.1) is 19.8 Å². The van der Waals surface area contributed by atoms with Gasteiger partial charge in [0.2, 0.25) is 5.95 Å². The first-order valence-corrected chi connectivity index (χ1v) is 10.3. The summed E-state index contributed by atoms with van der Waals surface area (Å²) < 4.78 is 14.1. The molecule has 10 nitrogen and oxygen atoms in total. The molecule has 0 radical (unpaired) electrons. The predicted molar refractivity (Wildman–Crippen MR) is 116 cm³/mol. The zero-order valence-electron chi connectivity index (χ0n) is 17.9. The molecule has 4 rings (SSSR count). The van der Waals surface area contributed by atoms with Crippen LogP contribution in [0.2, 0.25) is 0 Å². The van der Waals surface area contributed by atoms with Crippen molar-refractivity contribution in [2.45, 2.75) is 26.5 Å². The maximum atomic E-state index is 12.6. The average molecular weight is 429 g/mol. The van der Waals surface area contributed by atoms with E-state index in [-0.39, 0.29) is 24.3 Å². The molecule has 1 saturated heterocycles. The van der Waals surface area contributed by atoms with E-state index in [9.17, 15) is 14.7 Å². The number of morpholine rings is 1. The van der Waals surface area contributed by atoms with Crippen molar-refractivity contribution in [1.29, 1.82) is 0 Å². The van der Waals surface area contributed by atoms with E-state index in [1.165, 1.54) is 4.57 Å². The molecule has 0 amide bonds. The second-order valence-electron chi connectivity index (χ2n) is 7.82. The number of imidazole rings is 1. The number of fused-ring (bicyclic) bond motifs is 1. The molecule has 3 aromatic rings. The van der Waals surface area contributed by atoms with E-state index in [0.29, 0.717) is 38.0 Å². The van der Waals surface area contributed by atoms with Crippen LogP contribution in [0.4, 0.5) is 5.95 Å². The van der Waals surface area contributed by atoms with E-state index in [4.69, 9.17) is 9.47 Å².